The molecule has 6 rings (SSSR count). The van der Waals surface area contributed by atoms with E-state index in [0.29, 0.717) is 21.2 Å². The van der Waals surface area contributed by atoms with Gasteiger partial charge in [-0.3, -0.25) is 14.5 Å². The van der Waals surface area contributed by atoms with E-state index in [2.05, 4.69) is 10.2 Å². The van der Waals surface area contributed by atoms with Gasteiger partial charge >= 0.3 is 0 Å². The predicted molar refractivity (Wildman–Crippen MR) is 144 cm³/mol. The molecule has 0 saturated carbocycles. The average Bonchev–Trinajstić information content (AvgIpc) is 3.65. The lowest BCUT2D eigenvalue weighted by Crippen LogP contribution is -2.31. The Labute approximate surface area is 224 Å². The number of hydrogen-bond donors (Lipinski definition) is 2. The predicted octanol–water partition coefficient (Wildman–Crippen LogP) is 6.07. The van der Waals surface area contributed by atoms with Crippen LogP contribution in [0.2, 0.25) is 0 Å². The van der Waals surface area contributed by atoms with Crippen LogP contribution in [-0.2, 0) is 10.5 Å². The number of rotatable bonds is 7. The fourth-order valence-corrected chi connectivity index (χ4v) is 6.13. The second-order valence-corrected chi connectivity index (χ2v) is 10.7. The van der Waals surface area contributed by atoms with E-state index in [0.717, 1.165) is 10.9 Å². The third-order valence-corrected chi connectivity index (χ3v) is 8.24. The van der Waals surface area contributed by atoms with Gasteiger partial charge in [0.25, 0.3) is 5.91 Å². The molecule has 5 aromatic rings. The van der Waals surface area contributed by atoms with Gasteiger partial charge in [-0.05, 0) is 35.4 Å². The Hall–Kier alpha value is -4.41. The Balaban J connectivity index is 1.37. The third-order valence-electron chi connectivity index (χ3n) is 6.12. The average molecular weight is 542 g/mol. The van der Waals surface area contributed by atoms with Gasteiger partial charge in [0.1, 0.15) is 11.3 Å². The second kappa shape index (κ2) is 9.81. The minimum absolute atomic E-state index is 0.00236. The summed E-state index contributed by atoms with van der Waals surface area (Å²) < 4.78 is 6.39. The smallest absolute Gasteiger partial charge is 0.296 e. The molecule has 188 valence electrons. The molecule has 3 aromatic carbocycles. The summed E-state index contributed by atoms with van der Waals surface area (Å²) in [7, 11) is 0. The zero-order chi connectivity index (χ0) is 26.2. The molecule has 0 radical (unpaired) electrons. The van der Waals surface area contributed by atoms with Crippen LogP contribution in [0, 0.1) is 0 Å². The standard InChI is InChI=1S/C28H19N3O5S2/c32-19-12-10-17(11-13-19)23-22(24(33)21-14-18-8-4-5-9-20(18)36-21)25(34)26(35)31(23)27-29-30-28(38-27)37-15-16-6-2-1-3-7-16/h1-14,23,32,34H,15H2. The van der Waals surface area contributed by atoms with Gasteiger partial charge in [0.2, 0.25) is 10.9 Å². The van der Waals surface area contributed by atoms with E-state index in [1.165, 1.54) is 40.1 Å². The number of furan rings is 1. The van der Waals surface area contributed by atoms with E-state index in [4.69, 9.17) is 4.42 Å². The number of aliphatic hydroxyl groups is 1. The van der Waals surface area contributed by atoms with Crippen molar-refractivity contribution >= 4 is 50.9 Å². The number of carbonyl (C=O) groups is 2. The number of phenols is 1. The molecule has 2 N–H and O–H groups in total. The topological polar surface area (TPSA) is 117 Å². The summed E-state index contributed by atoms with van der Waals surface area (Å²) in [6, 6.07) is 23.7. The quantitative estimate of drug-likeness (QED) is 0.145. The molecule has 2 aromatic heterocycles. The van der Waals surface area contributed by atoms with Gasteiger partial charge < -0.3 is 14.6 Å². The van der Waals surface area contributed by atoms with Crippen LogP contribution < -0.4 is 4.90 Å². The number of para-hydroxylation sites is 1. The highest BCUT2D eigenvalue weighted by Crippen LogP contribution is 2.44. The van der Waals surface area contributed by atoms with Crippen LogP contribution in [-0.4, -0.2) is 32.1 Å². The van der Waals surface area contributed by atoms with E-state index in [-0.39, 0.29) is 22.2 Å². The number of aromatic hydroxyl groups is 1. The van der Waals surface area contributed by atoms with Crippen LogP contribution >= 0.6 is 23.1 Å². The summed E-state index contributed by atoms with van der Waals surface area (Å²) in [5.41, 5.74) is 2.01. The van der Waals surface area contributed by atoms with Gasteiger partial charge in [0.05, 0.1) is 11.6 Å². The highest BCUT2D eigenvalue weighted by molar-refractivity contribution is 8.00. The number of amides is 1. The minimum Gasteiger partial charge on any atom is -0.508 e. The van der Waals surface area contributed by atoms with Crippen molar-refractivity contribution in [3.63, 3.8) is 0 Å². The van der Waals surface area contributed by atoms with Crippen LogP contribution in [0.1, 0.15) is 27.7 Å². The van der Waals surface area contributed by atoms with Crippen LogP contribution in [0.3, 0.4) is 0 Å². The number of aromatic nitrogens is 2. The van der Waals surface area contributed by atoms with Gasteiger partial charge in [-0.2, -0.15) is 0 Å². The van der Waals surface area contributed by atoms with Crippen LogP contribution in [0.4, 0.5) is 5.13 Å². The fraction of sp³-hybridized carbons (Fsp3) is 0.0714. The molecule has 10 heteroatoms. The number of thioether (sulfide) groups is 1. The van der Waals surface area contributed by atoms with Gasteiger partial charge in [-0.1, -0.05) is 83.8 Å². The van der Waals surface area contributed by atoms with Crippen molar-refractivity contribution in [2.75, 3.05) is 4.90 Å². The molecule has 1 aliphatic rings. The van der Waals surface area contributed by atoms with Crippen molar-refractivity contribution < 1.29 is 24.2 Å². The summed E-state index contributed by atoms with van der Waals surface area (Å²) in [6.07, 6.45) is 0. The van der Waals surface area contributed by atoms with Crippen molar-refractivity contribution in [2.45, 2.75) is 16.1 Å². The zero-order valence-electron chi connectivity index (χ0n) is 19.6. The first-order chi connectivity index (χ1) is 18.5. The normalized spacial score (nSPS) is 15.5. The first-order valence-electron chi connectivity index (χ1n) is 11.6. The fourth-order valence-electron chi connectivity index (χ4n) is 4.31. The molecule has 0 fully saturated rings. The van der Waals surface area contributed by atoms with E-state index in [9.17, 15) is 19.8 Å². The number of fused-ring (bicyclic) bond motifs is 1. The Morgan fingerprint density at radius 2 is 1.71 bits per heavy atom. The van der Waals surface area contributed by atoms with Gasteiger partial charge in [0.15, 0.2) is 15.9 Å². The highest BCUT2D eigenvalue weighted by Gasteiger charge is 2.46. The second-order valence-electron chi connectivity index (χ2n) is 8.53. The number of anilines is 1. The van der Waals surface area contributed by atoms with Crippen molar-refractivity contribution in [2.24, 2.45) is 0 Å². The van der Waals surface area contributed by atoms with E-state index >= 15 is 0 Å². The Bertz CT molecular complexity index is 1660. The molecule has 1 unspecified atom stereocenters. The van der Waals surface area contributed by atoms with Crippen LogP contribution in [0.25, 0.3) is 11.0 Å². The molecule has 8 nitrogen and oxygen atoms in total. The molecule has 0 saturated heterocycles. The summed E-state index contributed by atoms with van der Waals surface area (Å²) in [4.78, 5) is 28.3. The Morgan fingerprint density at radius 1 is 0.974 bits per heavy atom. The number of aliphatic hydroxyl groups excluding tert-OH is 1. The van der Waals surface area contributed by atoms with Crippen molar-refractivity contribution in [1.29, 1.82) is 0 Å². The first kappa shape index (κ1) is 24.0. The van der Waals surface area contributed by atoms with Gasteiger partial charge in [-0.15, -0.1) is 10.2 Å². The highest BCUT2D eigenvalue weighted by atomic mass is 32.2. The van der Waals surface area contributed by atoms with Crippen molar-refractivity contribution in [1.82, 2.24) is 10.2 Å². The van der Waals surface area contributed by atoms with Crippen molar-refractivity contribution in [3.8, 4) is 5.75 Å². The van der Waals surface area contributed by atoms with Crippen LogP contribution in [0.5, 0.6) is 5.75 Å². The first-order valence-corrected chi connectivity index (χ1v) is 13.4. The molecular weight excluding hydrogens is 522 g/mol. The van der Waals surface area contributed by atoms with E-state index in [1.54, 1.807) is 30.3 Å². The number of nitrogens with zero attached hydrogens (tertiary/aromatic N) is 3. The van der Waals surface area contributed by atoms with Gasteiger partial charge in [0, 0.05) is 11.1 Å². The Morgan fingerprint density at radius 3 is 2.47 bits per heavy atom. The zero-order valence-corrected chi connectivity index (χ0v) is 21.3. The number of Topliss-reactive ketones (excluding diaryl/α,β-unsaturated/α-hetero) is 1. The van der Waals surface area contributed by atoms with Gasteiger partial charge in [-0.25, -0.2) is 0 Å². The lowest BCUT2D eigenvalue weighted by Gasteiger charge is -2.23. The van der Waals surface area contributed by atoms with E-state index < -0.39 is 23.5 Å². The number of benzene rings is 3. The molecule has 0 aliphatic carbocycles. The summed E-state index contributed by atoms with van der Waals surface area (Å²) in [5, 5.41) is 30.2. The number of ketones is 1. The van der Waals surface area contributed by atoms with Crippen molar-refractivity contribution in [3.05, 3.63) is 113 Å². The molecule has 3 heterocycles. The number of phenolic OH excluding ortho intramolecular Hbond substituents is 1. The SMILES string of the molecule is O=C(C1=C(O)C(=O)N(c2nnc(SCc3ccccc3)s2)C1c1ccc(O)cc1)c1cc2ccccc2o1. The molecule has 0 spiro atoms. The maximum absolute atomic E-state index is 13.7. The lowest BCUT2D eigenvalue weighted by atomic mass is 9.95. The third kappa shape index (κ3) is 4.33. The summed E-state index contributed by atoms with van der Waals surface area (Å²) in [5.74, 6) is -1.36. The maximum Gasteiger partial charge on any atom is 0.296 e. The largest absolute Gasteiger partial charge is 0.508 e. The molecule has 38 heavy (non-hydrogen) atoms. The van der Waals surface area contributed by atoms with E-state index in [1.807, 2.05) is 42.5 Å². The monoisotopic (exact) mass is 541 g/mol. The molecule has 1 amide bonds. The maximum atomic E-state index is 13.7. The molecule has 1 aliphatic heterocycles. The minimum atomic E-state index is -0.997. The number of carbonyl (C=O) groups excluding carboxylic acids is 2. The molecule has 0 bridgehead atoms. The summed E-state index contributed by atoms with van der Waals surface area (Å²) in [6.45, 7) is 0. The molecular formula is C28H19N3O5S2. The Kier molecular flexibility index (Phi) is 6.18. The summed E-state index contributed by atoms with van der Waals surface area (Å²) >= 11 is 2.67. The number of hydrogen-bond acceptors (Lipinski definition) is 9. The lowest BCUT2D eigenvalue weighted by molar-refractivity contribution is -0.117. The molecule has 1 atom stereocenters. The van der Waals surface area contributed by atoms with Crippen LogP contribution in [0.15, 0.2) is 105 Å².